The number of rotatable bonds is 4. The summed E-state index contributed by atoms with van der Waals surface area (Å²) in [5, 5.41) is 9.57. The van der Waals surface area contributed by atoms with E-state index in [0.29, 0.717) is 5.02 Å². The lowest BCUT2D eigenvalue weighted by atomic mass is 10.2. The van der Waals surface area contributed by atoms with Gasteiger partial charge in [0, 0.05) is 24.3 Å². The second-order valence-corrected chi connectivity index (χ2v) is 5.17. The summed E-state index contributed by atoms with van der Waals surface area (Å²) in [6, 6.07) is 10.1. The van der Waals surface area contributed by atoms with E-state index >= 15 is 0 Å². The van der Waals surface area contributed by atoms with Crippen LogP contribution >= 0.6 is 23.4 Å². The van der Waals surface area contributed by atoms with E-state index in [4.69, 9.17) is 11.6 Å². The fraction of sp³-hybridized carbons (Fsp3) is 0.286. The van der Waals surface area contributed by atoms with Gasteiger partial charge in [-0.3, -0.25) is 0 Å². The molecular formula is C14H17ClIN3S. The Kier molecular flexibility index (Phi) is 7.05. The molecule has 20 heavy (non-hydrogen) atoms. The van der Waals surface area contributed by atoms with Crippen LogP contribution in [-0.2, 0) is 6.42 Å². The topological polar surface area (TPSA) is 28.8 Å². The number of aromatic nitrogens is 2. The first-order valence-electron chi connectivity index (χ1n) is 6.14. The molecule has 0 unspecified atom stereocenters. The van der Waals surface area contributed by atoms with Gasteiger partial charge < -0.3 is 29.3 Å². The highest BCUT2D eigenvalue weighted by Gasteiger charge is 2.25. The number of benzene rings is 1. The summed E-state index contributed by atoms with van der Waals surface area (Å²) >= 11 is 8.03. The van der Waals surface area contributed by atoms with Gasteiger partial charge in [0.05, 0.1) is 5.02 Å². The zero-order chi connectivity index (χ0) is 13.8. The standard InChI is InChI=1S/C14H17ClN3S.HI/c1-4-11-12(15)13(16-2)14(19-3)18(17-11)10-8-6-5-7-9-10;/h5-9H,4H2,1-3H3,(H,16,17);1H/q+1;/p-1. The molecule has 1 aromatic heterocycles. The maximum atomic E-state index is 6.40. The van der Waals surface area contributed by atoms with Gasteiger partial charge in [0.2, 0.25) is 5.69 Å². The average Bonchev–Trinajstić information content (AvgIpc) is 2.47. The Hall–Kier alpha value is -0.530. The maximum absolute atomic E-state index is 6.40. The van der Waals surface area contributed by atoms with Crippen LogP contribution in [0.25, 0.3) is 5.69 Å². The number of hydrogen-bond acceptors (Lipinski definition) is 3. The molecule has 0 aliphatic carbocycles. The van der Waals surface area contributed by atoms with Gasteiger partial charge in [-0.25, -0.2) is 0 Å². The number of nitrogens with one attached hydrogen (secondary N) is 1. The highest BCUT2D eigenvalue weighted by molar-refractivity contribution is 7.98. The Balaban J connectivity index is 0.00000200. The average molecular weight is 422 g/mol. The van der Waals surface area contributed by atoms with Crippen LogP contribution < -0.4 is 34.0 Å². The quantitative estimate of drug-likeness (QED) is 0.439. The first-order chi connectivity index (χ1) is 9.22. The monoisotopic (exact) mass is 421 g/mol. The molecule has 0 bridgehead atoms. The first-order valence-corrected chi connectivity index (χ1v) is 7.75. The molecule has 0 saturated carbocycles. The van der Waals surface area contributed by atoms with E-state index < -0.39 is 0 Å². The number of anilines is 1. The third-order valence-electron chi connectivity index (χ3n) is 2.88. The first kappa shape index (κ1) is 17.5. The second-order valence-electron chi connectivity index (χ2n) is 4.00. The molecule has 1 N–H and O–H groups in total. The van der Waals surface area contributed by atoms with E-state index in [1.165, 1.54) is 0 Å². The third kappa shape index (κ3) is 3.38. The van der Waals surface area contributed by atoms with Crippen molar-refractivity contribution in [2.75, 3.05) is 18.6 Å². The molecule has 108 valence electrons. The number of nitrogens with zero attached hydrogens (tertiary/aromatic N) is 2. The second kappa shape index (κ2) is 8.05. The van der Waals surface area contributed by atoms with Crippen molar-refractivity contribution in [2.24, 2.45) is 0 Å². The van der Waals surface area contributed by atoms with Gasteiger partial charge in [0.25, 0.3) is 5.03 Å². The summed E-state index contributed by atoms with van der Waals surface area (Å²) < 4.78 is 1.95. The molecule has 0 fully saturated rings. The lowest BCUT2D eigenvalue weighted by molar-refractivity contribution is -0.696. The summed E-state index contributed by atoms with van der Waals surface area (Å²) in [5.74, 6) is 0. The summed E-state index contributed by atoms with van der Waals surface area (Å²) in [6.45, 7) is 2.06. The van der Waals surface area contributed by atoms with Gasteiger partial charge in [-0.05, 0) is 17.4 Å². The van der Waals surface area contributed by atoms with Crippen LogP contribution in [0.5, 0.6) is 0 Å². The molecular weight excluding hydrogens is 405 g/mol. The van der Waals surface area contributed by atoms with E-state index in [-0.39, 0.29) is 24.0 Å². The highest BCUT2D eigenvalue weighted by Crippen LogP contribution is 2.31. The highest BCUT2D eigenvalue weighted by atomic mass is 127. The molecule has 0 amide bonds. The van der Waals surface area contributed by atoms with Crippen molar-refractivity contribution >= 4 is 29.1 Å². The van der Waals surface area contributed by atoms with Crippen molar-refractivity contribution < 1.29 is 28.7 Å². The molecule has 0 aliphatic heterocycles. The molecule has 0 radical (unpaired) electrons. The van der Waals surface area contributed by atoms with Crippen LogP contribution in [0.4, 0.5) is 5.69 Å². The molecule has 1 aromatic carbocycles. The molecule has 0 aliphatic rings. The SMILES string of the molecule is CCc1n[n+](-c2ccccc2)c(SC)c(NC)c1Cl.[I-]. The van der Waals surface area contributed by atoms with E-state index in [1.54, 1.807) is 11.8 Å². The lowest BCUT2D eigenvalue weighted by Crippen LogP contribution is -3.00. The molecule has 0 atom stereocenters. The molecule has 2 aromatic rings. The molecule has 1 heterocycles. The predicted octanol–water partition coefficient (Wildman–Crippen LogP) is 0.342. The van der Waals surface area contributed by atoms with E-state index in [2.05, 4.69) is 17.3 Å². The minimum Gasteiger partial charge on any atom is -1.00 e. The summed E-state index contributed by atoms with van der Waals surface area (Å²) in [7, 11) is 1.88. The Morgan fingerprint density at radius 1 is 1.30 bits per heavy atom. The zero-order valence-corrected chi connectivity index (χ0v) is 15.4. The molecule has 0 saturated heterocycles. The lowest BCUT2D eigenvalue weighted by Gasteiger charge is -2.09. The van der Waals surface area contributed by atoms with Crippen LogP contribution in [0, 0.1) is 0 Å². The van der Waals surface area contributed by atoms with Crippen molar-refractivity contribution in [3.8, 4) is 5.69 Å². The van der Waals surface area contributed by atoms with Crippen LogP contribution in [-0.4, -0.2) is 18.4 Å². The molecule has 0 spiro atoms. The zero-order valence-electron chi connectivity index (χ0n) is 11.7. The molecule has 3 nitrogen and oxygen atoms in total. The fourth-order valence-electron chi connectivity index (χ4n) is 1.93. The van der Waals surface area contributed by atoms with Gasteiger partial charge in [-0.1, -0.05) is 48.5 Å². The van der Waals surface area contributed by atoms with Gasteiger partial charge in [0.15, 0.2) is 0 Å². The van der Waals surface area contributed by atoms with Gasteiger partial charge in [-0.15, -0.1) is 0 Å². The van der Waals surface area contributed by atoms with Crippen molar-refractivity contribution in [1.82, 2.24) is 5.10 Å². The van der Waals surface area contributed by atoms with Gasteiger partial charge >= 0.3 is 0 Å². The van der Waals surface area contributed by atoms with Crippen LogP contribution in [0.2, 0.25) is 5.02 Å². The van der Waals surface area contributed by atoms with E-state index in [9.17, 15) is 0 Å². The Bertz CT molecular complexity index is 578. The van der Waals surface area contributed by atoms with E-state index in [0.717, 1.165) is 28.5 Å². The van der Waals surface area contributed by atoms with Crippen LogP contribution in [0.3, 0.4) is 0 Å². The fourth-order valence-corrected chi connectivity index (χ4v) is 3.07. The van der Waals surface area contributed by atoms with Crippen molar-refractivity contribution in [3.63, 3.8) is 0 Å². The Labute approximate surface area is 146 Å². The minimum absolute atomic E-state index is 0. The molecule has 2 rings (SSSR count). The largest absolute Gasteiger partial charge is 1.00 e. The van der Waals surface area contributed by atoms with E-state index in [1.807, 2.05) is 48.3 Å². The predicted molar refractivity (Wildman–Crippen MR) is 81.5 cm³/mol. The van der Waals surface area contributed by atoms with Crippen LogP contribution in [0.15, 0.2) is 35.4 Å². The third-order valence-corrected chi connectivity index (χ3v) is 4.05. The Morgan fingerprint density at radius 2 is 1.95 bits per heavy atom. The molecule has 6 heteroatoms. The van der Waals surface area contributed by atoms with Gasteiger partial charge in [-0.2, -0.15) is 0 Å². The summed E-state index contributed by atoms with van der Waals surface area (Å²) in [6.07, 6.45) is 2.83. The van der Waals surface area contributed by atoms with Crippen molar-refractivity contribution in [2.45, 2.75) is 18.4 Å². The summed E-state index contributed by atoms with van der Waals surface area (Å²) in [5.41, 5.74) is 2.87. The number of para-hydroxylation sites is 1. The maximum Gasteiger partial charge on any atom is 0.297 e. The van der Waals surface area contributed by atoms with Gasteiger partial charge in [0.1, 0.15) is 11.4 Å². The Morgan fingerprint density at radius 3 is 2.45 bits per heavy atom. The number of thioether (sulfide) groups is 1. The van der Waals surface area contributed by atoms with Crippen LogP contribution in [0.1, 0.15) is 12.6 Å². The van der Waals surface area contributed by atoms with Crippen molar-refractivity contribution in [1.29, 1.82) is 0 Å². The number of aryl methyl sites for hydroxylation is 1. The minimum atomic E-state index is 0. The number of hydrogen-bond donors (Lipinski definition) is 1. The number of halogens is 2. The smallest absolute Gasteiger partial charge is 0.297 e. The normalized spacial score (nSPS) is 10.0. The summed E-state index contributed by atoms with van der Waals surface area (Å²) in [4.78, 5) is 0. The van der Waals surface area contributed by atoms with Crippen molar-refractivity contribution in [3.05, 3.63) is 41.0 Å².